The van der Waals surface area contributed by atoms with Gasteiger partial charge < -0.3 is 15.3 Å². The first-order valence-corrected chi connectivity index (χ1v) is 3.80. The Balaban J connectivity index is 2.30. The van der Waals surface area contributed by atoms with Crippen molar-refractivity contribution in [1.82, 2.24) is 5.48 Å². The summed E-state index contributed by atoms with van der Waals surface area (Å²) in [5, 5.41) is 12.0. The topological polar surface area (TPSA) is 53.5 Å². The van der Waals surface area contributed by atoms with Crippen molar-refractivity contribution in [3.05, 3.63) is 23.2 Å². The molecule has 1 aliphatic rings. The lowest BCUT2D eigenvalue weighted by Gasteiger charge is -2.06. The molecule has 2 rings (SSSR count). The molecule has 1 aromatic carbocycles. The molecule has 1 aromatic rings. The van der Waals surface area contributed by atoms with Crippen LogP contribution in [0.5, 0.6) is 5.75 Å². The largest absolute Gasteiger partial charge is 0.453 e. The maximum absolute atomic E-state index is 8.54. The maximum atomic E-state index is 8.54. The first-order chi connectivity index (χ1) is 5.79. The number of hydroxylamine groups is 1. The van der Waals surface area contributed by atoms with E-state index < -0.39 is 6.35 Å². The third kappa shape index (κ3) is 1.20. The van der Waals surface area contributed by atoms with E-state index in [1.807, 2.05) is 5.48 Å². The Morgan fingerprint density at radius 1 is 1.58 bits per heavy atom. The number of halogens is 1. The van der Waals surface area contributed by atoms with Gasteiger partial charge in [0.1, 0.15) is 5.75 Å². The monoisotopic (exact) mass is 186 g/mol. The number of rotatable bonds is 1. The van der Waals surface area contributed by atoms with Crippen molar-refractivity contribution in [2.75, 3.05) is 5.32 Å². The Bertz CT molecular complexity index is 305. The van der Waals surface area contributed by atoms with E-state index in [4.69, 9.17) is 21.5 Å². The van der Waals surface area contributed by atoms with Crippen molar-refractivity contribution in [3.8, 4) is 5.75 Å². The molecule has 1 aliphatic heterocycles. The molecule has 3 N–H and O–H groups in total. The molecule has 0 fully saturated rings. The Hall–Kier alpha value is -0.970. The molecule has 0 radical (unpaired) electrons. The van der Waals surface area contributed by atoms with E-state index in [9.17, 15) is 0 Å². The summed E-state index contributed by atoms with van der Waals surface area (Å²) in [5.41, 5.74) is 2.73. The fourth-order valence-corrected chi connectivity index (χ4v) is 1.25. The number of benzene rings is 1. The fourth-order valence-electron chi connectivity index (χ4n) is 1.07. The molecule has 1 heterocycles. The first-order valence-electron chi connectivity index (χ1n) is 3.42. The molecule has 4 nitrogen and oxygen atoms in total. The van der Waals surface area contributed by atoms with Crippen molar-refractivity contribution in [2.24, 2.45) is 0 Å². The second-order valence-corrected chi connectivity index (χ2v) is 2.85. The van der Waals surface area contributed by atoms with E-state index >= 15 is 0 Å². The van der Waals surface area contributed by atoms with E-state index in [1.165, 1.54) is 0 Å². The van der Waals surface area contributed by atoms with Crippen LogP contribution in [0.25, 0.3) is 0 Å². The van der Waals surface area contributed by atoms with E-state index in [0.29, 0.717) is 10.8 Å². The van der Waals surface area contributed by atoms with E-state index in [2.05, 4.69) is 5.32 Å². The van der Waals surface area contributed by atoms with Crippen LogP contribution in [0, 0.1) is 0 Å². The lowest BCUT2D eigenvalue weighted by molar-refractivity contribution is 0.0450. The minimum Gasteiger partial charge on any atom is -0.453 e. The van der Waals surface area contributed by atoms with Crippen LogP contribution in [0.4, 0.5) is 5.69 Å². The average molecular weight is 187 g/mol. The van der Waals surface area contributed by atoms with Gasteiger partial charge in [-0.2, -0.15) is 0 Å². The lowest BCUT2D eigenvalue weighted by atomic mass is 10.3. The molecule has 1 atom stereocenters. The molecule has 0 spiro atoms. The highest BCUT2D eigenvalue weighted by Gasteiger charge is 2.20. The van der Waals surface area contributed by atoms with Gasteiger partial charge in [0, 0.05) is 5.02 Å². The number of ether oxygens (including phenoxy) is 1. The third-order valence-electron chi connectivity index (χ3n) is 1.59. The summed E-state index contributed by atoms with van der Waals surface area (Å²) < 4.78 is 5.18. The number of hydrogen-bond acceptors (Lipinski definition) is 4. The zero-order chi connectivity index (χ0) is 8.55. The van der Waals surface area contributed by atoms with Crippen molar-refractivity contribution in [3.63, 3.8) is 0 Å². The predicted molar refractivity (Wildman–Crippen MR) is 44.4 cm³/mol. The van der Waals surface area contributed by atoms with Crippen molar-refractivity contribution < 1.29 is 9.94 Å². The lowest BCUT2D eigenvalue weighted by Crippen LogP contribution is -2.34. The number of hydrogen-bond donors (Lipinski definition) is 3. The molecule has 0 saturated carbocycles. The average Bonchev–Trinajstić information content (AvgIpc) is 2.46. The van der Waals surface area contributed by atoms with Gasteiger partial charge in [-0.15, -0.1) is 5.48 Å². The minimum absolute atomic E-state index is 0.585. The van der Waals surface area contributed by atoms with Gasteiger partial charge in [-0.25, -0.2) is 0 Å². The zero-order valence-electron chi connectivity index (χ0n) is 6.04. The summed E-state index contributed by atoms with van der Waals surface area (Å²) in [4.78, 5) is 0. The van der Waals surface area contributed by atoms with Crippen LogP contribution in [-0.4, -0.2) is 11.6 Å². The standard InChI is InChI=1S/C7H7ClN2O2/c8-4-1-2-6-5(3-4)9-7(10-11)12-6/h1-3,7,9-11H. The molecular weight excluding hydrogens is 180 g/mol. The predicted octanol–water partition coefficient (Wildman–Crippen LogP) is 1.41. The first kappa shape index (κ1) is 7.67. The summed E-state index contributed by atoms with van der Waals surface area (Å²) in [6.07, 6.45) is -0.585. The van der Waals surface area contributed by atoms with E-state index in [-0.39, 0.29) is 0 Å². The van der Waals surface area contributed by atoms with Crippen LogP contribution in [-0.2, 0) is 0 Å². The summed E-state index contributed by atoms with van der Waals surface area (Å²) in [5.74, 6) is 0.672. The van der Waals surface area contributed by atoms with E-state index in [1.54, 1.807) is 18.2 Å². The highest BCUT2D eigenvalue weighted by atomic mass is 35.5. The molecule has 0 aromatic heterocycles. The third-order valence-corrected chi connectivity index (χ3v) is 1.83. The molecule has 0 aliphatic carbocycles. The van der Waals surface area contributed by atoms with Crippen LogP contribution in [0.3, 0.4) is 0 Å². The van der Waals surface area contributed by atoms with Gasteiger partial charge in [-0.05, 0) is 18.2 Å². The van der Waals surface area contributed by atoms with Crippen molar-refractivity contribution >= 4 is 17.3 Å². The molecule has 1 unspecified atom stereocenters. The van der Waals surface area contributed by atoms with Crippen molar-refractivity contribution in [1.29, 1.82) is 0 Å². The Labute approximate surface area is 74.1 Å². The Morgan fingerprint density at radius 3 is 3.17 bits per heavy atom. The van der Waals surface area contributed by atoms with Crippen LogP contribution < -0.4 is 15.5 Å². The quantitative estimate of drug-likeness (QED) is 0.581. The highest BCUT2D eigenvalue weighted by Crippen LogP contribution is 2.32. The van der Waals surface area contributed by atoms with Crippen molar-refractivity contribution in [2.45, 2.75) is 6.35 Å². The van der Waals surface area contributed by atoms with Gasteiger partial charge in [0.05, 0.1) is 5.69 Å². The van der Waals surface area contributed by atoms with Gasteiger partial charge >= 0.3 is 0 Å². The molecule has 12 heavy (non-hydrogen) atoms. The molecule has 5 heteroatoms. The molecule has 0 saturated heterocycles. The number of anilines is 1. The second kappa shape index (κ2) is 2.82. The van der Waals surface area contributed by atoms with Gasteiger partial charge in [-0.3, -0.25) is 0 Å². The minimum atomic E-state index is -0.585. The van der Waals surface area contributed by atoms with Gasteiger partial charge in [0.25, 0.3) is 0 Å². The molecule has 64 valence electrons. The van der Waals surface area contributed by atoms with Crippen LogP contribution in [0.15, 0.2) is 18.2 Å². The van der Waals surface area contributed by atoms with Gasteiger partial charge in [0.2, 0.25) is 6.35 Å². The normalized spacial score (nSPS) is 19.7. The summed E-state index contributed by atoms with van der Waals surface area (Å²) >= 11 is 5.74. The van der Waals surface area contributed by atoms with Crippen LogP contribution >= 0.6 is 11.6 Å². The number of nitrogens with one attached hydrogen (secondary N) is 2. The molecular formula is C7H7ClN2O2. The fraction of sp³-hybridized carbons (Fsp3) is 0.143. The Morgan fingerprint density at radius 2 is 2.42 bits per heavy atom. The summed E-state index contributed by atoms with van der Waals surface area (Å²) in [7, 11) is 0. The van der Waals surface area contributed by atoms with Gasteiger partial charge in [-0.1, -0.05) is 11.6 Å². The number of fused-ring (bicyclic) bond motifs is 1. The second-order valence-electron chi connectivity index (χ2n) is 2.41. The zero-order valence-corrected chi connectivity index (χ0v) is 6.80. The Kier molecular flexibility index (Phi) is 1.80. The molecule has 0 amide bonds. The molecule has 0 bridgehead atoms. The van der Waals surface area contributed by atoms with E-state index in [0.717, 1.165) is 5.69 Å². The van der Waals surface area contributed by atoms with Crippen LogP contribution in [0.1, 0.15) is 0 Å². The van der Waals surface area contributed by atoms with Gasteiger partial charge in [0.15, 0.2) is 0 Å². The highest BCUT2D eigenvalue weighted by molar-refractivity contribution is 6.30. The maximum Gasteiger partial charge on any atom is 0.249 e. The SMILES string of the molecule is ONC1Nc2cc(Cl)ccc2O1. The summed E-state index contributed by atoms with van der Waals surface area (Å²) in [6, 6.07) is 5.19. The summed E-state index contributed by atoms with van der Waals surface area (Å²) in [6.45, 7) is 0. The smallest absolute Gasteiger partial charge is 0.249 e. The van der Waals surface area contributed by atoms with Crippen LogP contribution in [0.2, 0.25) is 5.02 Å².